The van der Waals surface area contributed by atoms with Gasteiger partial charge in [-0.15, -0.1) is 0 Å². The summed E-state index contributed by atoms with van der Waals surface area (Å²) < 4.78 is 11.4. The van der Waals surface area contributed by atoms with E-state index in [9.17, 15) is 14.7 Å². The number of carbonyl (C=O) groups excluding carboxylic acids is 1. The molecule has 3 rings (SSSR count). The predicted molar refractivity (Wildman–Crippen MR) is 124 cm³/mol. The summed E-state index contributed by atoms with van der Waals surface area (Å²) in [6.45, 7) is 7.36. The molecule has 1 fully saturated rings. The van der Waals surface area contributed by atoms with Crippen LogP contribution in [0.3, 0.4) is 0 Å². The number of carboxylic acids is 1. The number of nitrogens with zero attached hydrogens (tertiary/aromatic N) is 2. The number of piperidine rings is 1. The number of carboxylic acid groups (broad SMARTS) is 1. The van der Waals surface area contributed by atoms with Gasteiger partial charge in [-0.05, 0) is 87.4 Å². The lowest BCUT2D eigenvalue weighted by Gasteiger charge is -2.33. The van der Waals surface area contributed by atoms with Crippen LogP contribution in [0.1, 0.15) is 56.0 Å². The number of carbonyl (C=O) groups is 2. The Morgan fingerprint density at radius 2 is 1.85 bits per heavy atom. The molecular weight excluding hydrogens is 420 g/mol. The first-order chi connectivity index (χ1) is 15.6. The van der Waals surface area contributed by atoms with Crippen molar-refractivity contribution in [3.05, 3.63) is 53.6 Å². The Hall–Kier alpha value is -3.53. The number of likely N-dealkylation sites (tertiary alicyclic amines) is 1. The highest BCUT2D eigenvalue weighted by atomic mass is 16.6. The first-order valence-corrected chi connectivity index (χ1v) is 11.1. The van der Waals surface area contributed by atoms with Crippen LogP contribution in [0.25, 0.3) is 11.1 Å². The zero-order valence-corrected chi connectivity index (χ0v) is 19.3. The van der Waals surface area contributed by atoms with Crippen LogP contribution in [-0.4, -0.2) is 47.4 Å². The second-order valence-electron chi connectivity index (χ2n) is 9.29. The highest BCUT2D eigenvalue weighted by Crippen LogP contribution is 2.28. The predicted octanol–water partition coefficient (Wildman–Crippen LogP) is 5.34. The van der Waals surface area contributed by atoms with E-state index in [0.29, 0.717) is 42.5 Å². The largest absolute Gasteiger partial charge is 0.494 e. The van der Waals surface area contributed by atoms with Crippen molar-refractivity contribution in [1.82, 2.24) is 4.90 Å². The van der Waals surface area contributed by atoms with Gasteiger partial charge in [-0.25, -0.2) is 9.59 Å². The highest BCUT2D eigenvalue weighted by Gasteiger charge is 2.26. The standard InChI is InChI=1S/C26H30N2O5/c1-26(2,3)33-25(31)28-10-7-18(8-11-28)9-12-32-23-15-21(14-22(16-23)24(29)30)20-6-4-5-19(13-20)17-27/h4-6,13-16,18H,7-12H2,1-3H3,(H,29,30). The van der Waals surface area contributed by atoms with Crippen LogP contribution in [0.5, 0.6) is 5.75 Å². The normalized spacial score (nSPS) is 14.4. The van der Waals surface area contributed by atoms with Crippen LogP contribution in [0.2, 0.25) is 0 Å². The maximum absolute atomic E-state index is 12.2. The molecule has 33 heavy (non-hydrogen) atoms. The zero-order chi connectivity index (χ0) is 24.0. The molecule has 0 atom stereocenters. The van der Waals surface area contributed by atoms with Gasteiger partial charge in [-0.1, -0.05) is 12.1 Å². The molecule has 0 radical (unpaired) electrons. The third-order valence-corrected chi connectivity index (χ3v) is 5.54. The van der Waals surface area contributed by atoms with Gasteiger partial charge in [-0.3, -0.25) is 0 Å². The molecule has 7 heteroatoms. The lowest BCUT2D eigenvalue weighted by molar-refractivity contribution is 0.0177. The Labute approximate surface area is 194 Å². The molecule has 0 spiro atoms. The molecule has 0 unspecified atom stereocenters. The number of aromatic carboxylic acids is 1. The SMILES string of the molecule is CC(C)(C)OC(=O)N1CCC(CCOc2cc(C(=O)O)cc(-c3cccc(C#N)c3)c2)CC1. The van der Waals surface area contributed by atoms with E-state index in [1.165, 1.54) is 6.07 Å². The molecule has 0 saturated carbocycles. The minimum Gasteiger partial charge on any atom is -0.494 e. The van der Waals surface area contributed by atoms with Crippen LogP contribution in [0.15, 0.2) is 42.5 Å². The van der Waals surface area contributed by atoms with Crippen molar-refractivity contribution < 1.29 is 24.2 Å². The van der Waals surface area contributed by atoms with E-state index < -0.39 is 11.6 Å². The molecule has 0 aliphatic carbocycles. The summed E-state index contributed by atoms with van der Waals surface area (Å²) in [5, 5.41) is 18.6. The lowest BCUT2D eigenvalue weighted by atomic mass is 9.94. The second-order valence-corrected chi connectivity index (χ2v) is 9.29. The molecule has 7 nitrogen and oxygen atoms in total. The Kier molecular flexibility index (Phi) is 7.59. The first kappa shape index (κ1) is 24.1. The van der Waals surface area contributed by atoms with E-state index in [-0.39, 0.29) is 11.7 Å². The highest BCUT2D eigenvalue weighted by molar-refractivity contribution is 5.90. The Balaban J connectivity index is 1.58. The topological polar surface area (TPSA) is 99.9 Å². The summed E-state index contributed by atoms with van der Waals surface area (Å²) in [4.78, 5) is 25.6. The second kappa shape index (κ2) is 10.4. The third kappa shape index (κ3) is 6.98. The fourth-order valence-corrected chi connectivity index (χ4v) is 3.81. The number of hydrogen-bond acceptors (Lipinski definition) is 5. The van der Waals surface area contributed by atoms with Gasteiger partial charge in [0.1, 0.15) is 11.4 Å². The van der Waals surface area contributed by atoms with Crippen LogP contribution in [-0.2, 0) is 4.74 Å². The molecule has 1 heterocycles. The molecule has 2 aromatic carbocycles. The minimum atomic E-state index is -1.03. The Morgan fingerprint density at radius 1 is 1.12 bits per heavy atom. The van der Waals surface area contributed by atoms with Crippen molar-refractivity contribution in [2.24, 2.45) is 5.92 Å². The molecule has 0 aromatic heterocycles. The van der Waals surface area contributed by atoms with Gasteiger partial charge in [0, 0.05) is 13.1 Å². The van der Waals surface area contributed by atoms with E-state index in [0.717, 1.165) is 24.8 Å². The minimum absolute atomic E-state index is 0.135. The number of hydrogen-bond donors (Lipinski definition) is 1. The van der Waals surface area contributed by atoms with Crippen molar-refractivity contribution >= 4 is 12.1 Å². The first-order valence-electron chi connectivity index (χ1n) is 11.1. The number of nitriles is 1. The lowest BCUT2D eigenvalue weighted by Crippen LogP contribution is -2.41. The molecule has 1 aliphatic heterocycles. The third-order valence-electron chi connectivity index (χ3n) is 5.54. The fourth-order valence-electron chi connectivity index (χ4n) is 3.81. The maximum atomic E-state index is 12.2. The summed E-state index contributed by atoms with van der Waals surface area (Å²) in [6, 6.07) is 14.0. The van der Waals surface area contributed by atoms with Crippen LogP contribution < -0.4 is 4.74 Å². The van der Waals surface area contributed by atoms with Crippen molar-refractivity contribution in [3.8, 4) is 22.9 Å². The molecule has 1 amide bonds. The van der Waals surface area contributed by atoms with Gasteiger partial charge in [0.2, 0.25) is 0 Å². The maximum Gasteiger partial charge on any atom is 0.410 e. The van der Waals surface area contributed by atoms with E-state index in [4.69, 9.17) is 14.7 Å². The summed E-state index contributed by atoms with van der Waals surface area (Å²) in [7, 11) is 0. The summed E-state index contributed by atoms with van der Waals surface area (Å²) in [5.74, 6) is -0.121. The van der Waals surface area contributed by atoms with E-state index in [1.54, 1.807) is 35.2 Å². The number of ether oxygens (including phenoxy) is 2. The van der Waals surface area contributed by atoms with Crippen LogP contribution in [0, 0.1) is 17.2 Å². The van der Waals surface area contributed by atoms with Gasteiger partial charge in [0.25, 0.3) is 0 Å². The molecule has 1 aliphatic rings. The molecular formula is C26H30N2O5. The van der Waals surface area contributed by atoms with E-state index in [2.05, 4.69) is 6.07 Å². The van der Waals surface area contributed by atoms with Crippen molar-refractivity contribution in [2.75, 3.05) is 19.7 Å². The Morgan fingerprint density at radius 3 is 2.48 bits per heavy atom. The summed E-state index contributed by atoms with van der Waals surface area (Å²) >= 11 is 0. The Bertz CT molecular complexity index is 1040. The molecule has 2 aromatic rings. The number of amides is 1. The van der Waals surface area contributed by atoms with Crippen molar-refractivity contribution in [3.63, 3.8) is 0 Å². The molecule has 1 saturated heterocycles. The van der Waals surface area contributed by atoms with Gasteiger partial charge < -0.3 is 19.5 Å². The van der Waals surface area contributed by atoms with E-state index >= 15 is 0 Å². The van der Waals surface area contributed by atoms with Crippen molar-refractivity contribution in [1.29, 1.82) is 5.26 Å². The molecule has 174 valence electrons. The van der Waals surface area contributed by atoms with Crippen LogP contribution in [0.4, 0.5) is 4.79 Å². The zero-order valence-electron chi connectivity index (χ0n) is 19.3. The molecule has 1 N–H and O–H groups in total. The fraction of sp³-hybridized carbons (Fsp3) is 0.423. The number of rotatable bonds is 6. The van der Waals surface area contributed by atoms with Gasteiger partial charge in [-0.2, -0.15) is 5.26 Å². The summed E-state index contributed by atoms with van der Waals surface area (Å²) in [6.07, 6.45) is 2.31. The average molecular weight is 451 g/mol. The van der Waals surface area contributed by atoms with Gasteiger partial charge in [0.05, 0.1) is 23.8 Å². The molecule has 0 bridgehead atoms. The van der Waals surface area contributed by atoms with E-state index in [1.807, 2.05) is 26.8 Å². The van der Waals surface area contributed by atoms with Crippen molar-refractivity contribution in [2.45, 2.75) is 45.6 Å². The average Bonchev–Trinajstić information content (AvgIpc) is 2.78. The van der Waals surface area contributed by atoms with Crippen LogP contribution >= 0.6 is 0 Å². The summed E-state index contributed by atoms with van der Waals surface area (Å²) in [5.41, 5.74) is 1.59. The quantitative estimate of drug-likeness (QED) is 0.638. The smallest absolute Gasteiger partial charge is 0.410 e. The van der Waals surface area contributed by atoms with Gasteiger partial charge in [0.15, 0.2) is 0 Å². The number of benzene rings is 2. The monoisotopic (exact) mass is 450 g/mol. The van der Waals surface area contributed by atoms with Gasteiger partial charge >= 0.3 is 12.1 Å².